The Labute approximate surface area is 144 Å². The summed E-state index contributed by atoms with van der Waals surface area (Å²) in [6, 6.07) is 10.4. The van der Waals surface area contributed by atoms with Crippen molar-refractivity contribution >= 4 is 11.9 Å². The summed E-state index contributed by atoms with van der Waals surface area (Å²) in [6.07, 6.45) is 0.696. The topological polar surface area (TPSA) is 75.6 Å². The van der Waals surface area contributed by atoms with Crippen LogP contribution in [0.4, 0.5) is 4.39 Å². The van der Waals surface area contributed by atoms with E-state index in [2.05, 4.69) is 5.32 Å². The first-order valence-corrected chi connectivity index (χ1v) is 8.02. The van der Waals surface area contributed by atoms with Crippen molar-refractivity contribution in [1.29, 1.82) is 0 Å². The molecule has 2 N–H and O–H groups in total. The summed E-state index contributed by atoms with van der Waals surface area (Å²) in [5, 5.41) is 11.8. The molecule has 0 unspecified atom stereocenters. The van der Waals surface area contributed by atoms with E-state index in [-0.39, 0.29) is 18.7 Å². The molecule has 0 saturated heterocycles. The maximum absolute atomic E-state index is 13.1. The summed E-state index contributed by atoms with van der Waals surface area (Å²) in [7, 11) is 0. The Morgan fingerprint density at radius 2 is 1.96 bits per heavy atom. The number of rotatable bonds is 6. The van der Waals surface area contributed by atoms with E-state index in [4.69, 9.17) is 9.84 Å². The Balaban J connectivity index is 1.69. The van der Waals surface area contributed by atoms with Crippen LogP contribution in [0, 0.1) is 5.82 Å². The summed E-state index contributed by atoms with van der Waals surface area (Å²) in [5.41, 5.74) is 2.47. The van der Waals surface area contributed by atoms with Gasteiger partial charge in [-0.15, -0.1) is 0 Å². The van der Waals surface area contributed by atoms with Crippen molar-refractivity contribution in [2.45, 2.75) is 25.3 Å². The predicted molar refractivity (Wildman–Crippen MR) is 88.9 cm³/mol. The van der Waals surface area contributed by atoms with Crippen molar-refractivity contribution in [2.75, 3.05) is 6.61 Å². The van der Waals surface area contributed by atoms with Gasteiger partial charge in [0.05, 0.1) is 25.5 Å². The fourth-order valence-electron chi connectivity index (χ4n) is 2.90. The van der Waals surface area contributed by atoms with Gasteiger partial charge in [0.1, 0.15) is 11.6 Å². The highest BCUT2D eigenvalue weighted by Gasteiger charge is 2.19. The molecule has 6 heteroatoms. The van der Waals surface area contributed by atoms with Crippen LogP contribution in [0.1, 0.15) is 29.2 Å². The van der Waals surface area contributed by atoms with Crippen LogP contribution >= 0.6 is 0 Å². The minimum absolute atomic E-state index is 0.143. The summed E-state index contributed by atoms with van der Waals surface area (Å²) in [6.45, 7) is 0.649. The number of hydrogen-bond donors (Lipinski definition) is 2. The van der Waals surface area contributed by atoms with Gasteiger partial charge in [-0.1, -0.05) is 24.3 Å². The molecule has 1 heterocycles. The van der Waals surface area contributed by atoms with E-state index in [9.17, 15) is 14.0 Å². The maximum atomic E-state index is 13.1. The van der Waals surface area contributed by atoms with Gasteiger partial charge in [0.15, 0.2) is 0 Å². The van der Waals surface area contributed by atoms with Crippen molar-refractivity contribution in [2.24, 2.45) is 0 Å². The van der Waals surface area contributed by atoms with Crippen LogP contribution in [-0.4, -0.2) is 23.6 Å². The largest absolute Gasteiger partial charge is 0.493 e. The first-order chi connectivity index (χ1) is 12.0. The first kappa shape index (κ1) is 17.0. The number of aliphatic carboxylic acids is 1. The molecule has 0 spiro atoms. The fraction of sp³-hybridized carbons (Fsp3) is 0.263. The molecule has 5 nitrogen and oxygen atoms in total. The average Bonchev–Trinajstić information content (AvgIpc) is 3.02. The van der Waals surface area contributed by atoms with Gasteiger partial charge in [-0.05, 0) is 34.9 Å². The minimum atomic E-state index is -1.04. The zero-order valence-electron chi connectivity index (χ0n) is 13.5. The molecule has 0 radical (unpaired) electrons. The number of carbonyl (C=O) groups excluding carboxylic acids is 1. The molecular weight excluding hydrogens is 325 g/mol. The molecule has 3 rings (SSSR count). The smallest absolute Gasteiger partial charge is 0.305 e. The predicted octanol–water partition coefficient (Wildman–Crippen LogP) is 2.64. The third-order valence-corrected chi connectivity index (χ3v) is 4.10. The molecule has 1 aliphatic heterocycles. The van der Waals surface area contributed by atoms with Crippen molar-refractivity contribution in [3.05, 3.63) is 65.0 Å². The van der Waals surface area contributed by atoms with E-state index in [0.717, 1.165) is 23.3 Å². The molecular formula is C19H18FNO4. The molecule has 0 saturated carbocycles. The lowest BCUT2D eigenvalue weighted by molar-refractivity contribution is -0.137. The van der Waals surface area contributed by atoms with Gasteiger partial charge in [0.2, 0.25) is 5.91 Å². The van der Waals surface area contributed by atoms with E-state index in [0.29, 0.717) is 12.2 Å². The van der Waals surface area contributed by atoms with Crippen LogP contribution in [0.25, 0.3) is 0 Å². The number of hydrogen-bond acceptors (Lipinski definition) is 3. The van der Waals surface area contributed by atoms with Gasteiger partial charge < -0.3 is 15.2 Å². The number of nitrogens with one attached hydrogen (secondary N) is 1. The Morgan fingerprint density at radius 3 is 2.68 bits per heavy atom. The van der Waals surface area contributed by atoms with Crippen LogP contribution in [0.2, 0.25) is 0 Å². The van der Waals surface area contributed by atoms with Crippen LogP contribution in [0.15, 0.2) is 42.5 Å². The summed E-state index contributed by atoms with van der Waals surface area (Å²) in [4.78, 5) is 23.4. The number of ether oxygens (including phenoxy) is 1. The number of fused-ring (bicyclic) bond motifs is 1. The fourth-order valence-corrected chi connectivity index (χ4v) is 2.90. The lowest BCUT2D eigenvalue weighted by Gasteiger charge is -2.17. The van der Waals surface area contributed by atoms with Gasteiger partial charge in [-0.2, -0.15) is 0 Å². The number of amides is 1. The van der Waals surface area contributed by atoms with Crippen LogP contribution in [0.3, 0.4) is 0 Å². The van der Waals surface area contributed by atoms with Gasteiger partial charge in [0.25, 0.3) is 0 Å². The monoisotopic (exact) mass is 343 g/mol. The molecule has 1 amide bonds. The van der Waals surface area contributed by atoms with E-state index >= 15 is 0 Å². The molecule has 0 aromatic heterocycles. The van der Waals surface area contributed by atoms with Crippen molar-refractivity contribution in [3.63, 3.8) is 0 Å². The molecule has 2 aromatic carbocycles. The first-order valence-electron chi connectivity index (χ1n) is 8.02. The lowest BCUT2D eigenvalue weighted by Crippen LogP contribution is -2.31. The normalized spacial score (nSPS) is 13.6. The average molecular weight is 343 g/mol. The van der Waals surface area contributed by atoms with Crippen molar-refractivity contribution < 1.29 is 23.8 Å². The second-order valence-corrected chi connectivity index (χ2v) is 5.99. The maximum Gasteiger partial charge on any atom is 0.305 e. The zero-order chi connectivity index (χ0) is 17.8. The minimum Gasteiger partial charge on any atom is -0.493 e. The molecule has 1 atom stereocenters. The standard InChI is InChI=1S/C19H18FNO4/c20-15-4-2-13(3-5-15)16(11-19(23)24)21-18(22)10-12-1-6-17-14(9-12)7-8-25-17/h1-6,9,16H,7-8,10-11H2,(H,21,22)(H,23,24)/t16-/m1/s1. The van der Waals surface area contributed by atoms with Gasteiger partial charge in [-0.3, -0.25) is 9.59 Å². The molecule has 130 valence electrons. The number of benzene rings is 2. The third-order valence-electron chi connectivity index (χ3n) is 4.10. The van der Waals surface area contributed by atoms with Crippen LogP contribution in [-0.2, 0) is 22.4 Å². The second-order valence-electron chi connectivity index (χ2n) is 5.99. The molecule has 0 aliphatic carbocycles. The Kier molecular flexibility index (Phi) is 4.97. The molecule has 0 fully saturated rings. The molecule has 25 heavy (non-hydrogen) atoms. The number of carboxylic acids is 1. The van der Waals surface area contributed by atoms with E-state index in [1.165, 1.54) is 24.3 Å². The third kappa shape index (κ3) is 4.35. The van der Waals surface area contributed by atoms with E-state index in [1.807, 2.05) is 18.2 Å². The van der Waals surface area contributed by atoms with Gasteiger partial charge >= 0.3 is 5.97 Å². The van der Waals surface area contributed by atoms with Crippen LogP contribution < -0.4 is 10.1 Å². The number of halogens is 1. The van der Waals surface area contributed by atoms with Crippen molar-refractivity contribution in [3.8, 4) is 5.75 Å². The van der Waals surface area contributed by atoms with E-state index < -0.39 is 17.8 Å². The molecule has 1 aliphatic rings. The Morgan fingerprint density at radius 1 is 1.20 bits per heavy atom. The summed E-state index contributed by atoms with van der Waals surface area (Å²) < 4.78 is 18.5. The van der Waals surface area contributed by atoms with E-state index in [1.54, 1.807) is 0 Å². The highest BCUT2D eigenvalue weighted by atomic mass is 19.1. The summed E-state index contributed by atoms with van der Waals surface area (Å²) >= 11 is 0. The zero-order valence-corrected chi connectivity index (χ0v) is 13.5. The quantitative estimate of drug-likeness (QED) is 0.845. The number of carboxylic acid groups (broad SMARTS) is 1. The highest BCUT2D eigenvalue weighted by molar-refractivity contribution is 5.80. The van der Waals surface area contributed by atoms with Gasteiger partial charge in [0, 0.05) is 6.42 Å². The molecule has 2 aromatic rings. The number of carbonyl (C=O) groups is 2. The molecule has 0 bridgehead atoms. The second kappa shape index (κ2) is 7.34. The SMILES string of the molecule is O=C(O)C[C@@H](NC(=O)Cc1ccc2c(c1)CCO2)c1ccc(F)cc1. The van der Waals surface area contributed by atoms with Crippen molar-refractivity contribution in [1.82, 2.24) is 5.32 Å². The lowest BCUT2D eigenvalue weighted by atomic mass is 10.0. The Hall–Kier alpha value is -2.89. The highest BCUT2D eigenvalue weighted by Crippen LogP contribution is 2.26. The van der Waals surface area contributed by atoms with Gasteiger partial charge in [-0.25, -0.2) is 4.39 Å². The summed E-state index contributed by atoms with van der Waals surface area (Å²) in [5.74, 6) is -0.887. The Bertz CT molecular complexity index is 789. The van der Waals surface area contributed by atoms with Crippen LogP contribution in [0.5, 0.6) is 5.75 Å².